The summed E-state index contributed by atoms with van der Waals surface area (Å²) >= 11 is 2.09. The lowest BCUT2D eigenvalue weighted by Gasteiger charge is -2.43. The molecule has 0 amide bonds. The van der Waals surface area contributed by atoms with E-state index in [1.807, 2.05) is 0 Å². The fourth-order valence-corrected chi connectivity index (χ4v) is 4.57. The van der Waals surface area contributed by atoms with Gasteiger partial charge in [0, 0.05) is 37.0 Å². The Morgan fingerprint density at radius 1 is 1.31 bits per heavy atom. The third kappa shape index (κ3) is 2.26. The van der Waals surface area contributed by atoms with E-state index in [2.05, 4.69) is 35.5 Å². The molecule has 4 heteroatoms. The highest BCUT2D eigenvalue weighted by molar-refractivity contribution is 8.00. The van der Waals surface area contributed by atoms with Gasteiger partial charge in [-0.1, -0.05) is 6.92 Å². The maximum atomic E-state index is 6.11. The first kappa shape index (κ1) is 12.7. The number of nitrogens with zero attached hydrogens (tertiary/aromatic N) is 2. The third-order valence-corrected chi connectivity index (χ3v) is 5.74. The monoisotopic (exact) mass is 243 g/mol. The van der Waals surface area contributed by atoms with Gasteiger partial charge in [-0.3, -0.25) is 4.90 Å². The summed E-state index contributed by atoms with van der Waals surface area (Å²) in [6.07, 6.45) is 2.56. The Morgan fingerprint density at radius 3 is 2.75 bits per heavy atom. The SMILES string of the molecule is CC1SCCC1(CN)N1CCCN(C)CC1. The van der Waals surface area contributed by atoms with Crippen LogP contribution in [0.4, 0.5) is 0 Å². The van der Waals surface area contributed by atoms with Crippen LogP contribution in [0.5, 0.6) is 0 Å². The molecule has 0 aliphatic carbocycles. The van der Waals surface area contributed by atoms with E-state index < -0.39 is 0 Å². The van der Waals surface area contributed by atoms with Crippen LogP contribution >= 0.6 is 11.8 Å². The van der Waals surface area contributed by atoms with Gasteiger partial charge in [0.1, 0.15) is 0 Å². The van der Waals surface area contributed by atoms with Gasteiger partial charge >= 0.3 is 0 Å². The predicted octanol–water partition coefficient (Wildman–Crippen LogP) is 0.847. The number of hydrogen-bond donors (Lipinski definition) is 1. The summed E-state index contributed by atoms with van der Waals surface area (Å²) in [5, 5.41) is 0.695. The molecule has 16 heavy (non-hydrogen) atoms. The second kappa shape index (κ2) is 5.25. The van der Waals surface area contributed by atoms with Gasteiger partial charge in [0.15, 0.2) is 0 Å². The van der Waals surface area contributed by atoms with Crippen LogP contribution in [0.3, 0.4) is 0 Å². The third-order valence-electron chi connectivity index (χ3n) is 4.36. The average molecular weight is 243 g/mol. The van der Waals surface area contributed by atoms with E-state index in [-0.39, 0.29) is 5.54 Å². The Hall–Kier alpha value is 0.230. The maximum absolute atomic E-state index is 6.11. The Labute approximate surface area is 104 Å². The molecule has 94 valence electrons. The first-order valence-corrected chi connectivity index (χ1v) is 7.49. The molecule has 2 unspecified atom stereocenters. The Morgan fingerprint density at radius 2 is 2.12 bits per heavy atom. The van der Waals surface area contributed by atoms with E-state index >= 15 is 0 Å². The molecule has 0 saturated carbocycles. The van der Waals surface area contributed by atoms with E-state index in [0.29, 0.717) is 5.25 Å². The van der Waals surface area contributed by atoms with Crippen molar-refractivity contribution in [3.8, 4) is 0 Å². The lowest BCUT2D eigenvalue weighted by atomic mass is 9.90. The standard InChI is InChI=1S/C12H25N3S/c1-11-12(10-13,4-9-16-11)15-6-3-5-14(2)7-8-15/h11H,3-10,13H2,1-2H3. The minimum Gasteiger partial charge on any atom is -0.329 e. The summed E-state index contributed by atoms with van der Waals surface area (Å²) in [4.78, 5) is 5.12. The largest absolute Gasteiger partial charge is 0.329 e. The fraction of sp³-hybridized carbons (Fsp3) is 1.00. The summed E-state index contributed by atoms with van der Waals surface area (Å²) in [7, 11) is 2.23. The first-order valence-electron chi connectivity index (χ1n) is 6.44. The van der Waals surface area contributed by atoms with Crippen molar-refractivity contribution in [2.75, 3.05) is 45.5 Å². The number of likely N-dealkylation sites (N-methyl/N-ethyl adjacent to an activating group) is 1. The Bertz CT molecular complexity index is 236. The summed E-state index contributed by atoms with van der Waals surface area (Å²) < 4.78 is 0. The lowest BCUT2D eigenvalue weighted by molar-refractivity contribution is 0.102. The van der Waals surface area contributed by atoms with Crippen LogP contribution in [0.1, 0.15) is 19.8 Å². The molecule has 2 heterocycles. The van der Waals surface area contributed by atoms with Gasteiger partial charge in [-0.15, -0.1) is 0 Å². The van der Waals surface area contributed by atoms with Crippen LogP contribution in [-0.2, 0) is 0 Å². The van der Waals surface area contributed by atoms with Gasteiger partial charge in [0.25, 0.3) is 0 Å². The van der Waals surface area contributed by atoms with Crippen molar-refractivity contribution in [1.82, 2.24) is 9.80 Å². The van der Waals surface area contributed by atoms with Crippen molar-refractivity contribution in [3.63, 3.8) is 0 Å². The molecule has 2 atom stereocenters. The molecule has 3 nitrogen and oxygen atoms in total. The molecule has 2 rings (SSSR count). The van der Waals surface area contributed by atoms with E-state index in [0.717, 1.165) is 6.54 Å². The van der Waals surface area contributed by atoms with Gasteiger partial charge in [-0.25, -0.2) is 0 Å². The Kier molecular flexibility index (Phi) is 4.16. The summed E-state index contributed by atoms with van der Waals surface area (Å²) in [6, 6.07) is 0. The van der Waals surface area contributed by atoms with Crippen LogP contribution in [0.2, 0.25) is 0 Å². The van der Waals surface area contributed by atoms with E-state index in [1.165, 1.54) is 44.8 Å². The highest BCUT2D eigenvalue weighted by atomic mass is 32.2. The van der Waals surface area contributed by atoms with Crippen molar-refractivity contribution in [3.05, 3.63) is 0 Å². The van der Waals surface area contributed by atoms with Crippen molar-refractivity contribution in [2.24, 2.45) is 5.73 Å². The average Bonchev–Trinajstić information content (AvgIpc) is 2.51. The molecule has 0 bridgehead atoms. The normalized spacial score (nSPS) is 38.8. The zero-order valence-corrected chi connectivity index (χ0v) is 11.4. The summed E-state index contributed by atoms with van der Waals surface area (Å²) in [5.74, 6) is 1.28. The van der Waals surface area contributed by atoms with Crippen LogP contribution < -0.4 is 5.73 Å². The smallest absolute Gasteiger partial charge is 0.0455 e. The zero-order valence-electron chi connectivity index (χ0n) is 10.6. The van der Waals surface area contributed by atoms with Crippen LogP contribution in [-0.4, -0.2) is 66.1 Å². The molecule has 0 radical (unpaired) electrons. The van der Waals surface area contributed by atoms with Crippen molar-refractivity contribution in [2.45, 2.75) is 30.6 Å². The molecule has 2 fully saturated rings. The molecule has 2 aliphatic heterocycles. The van der Waals surface area contributed by atoms with Crippen molar-refractivity contribution < 1.29 is 0 Å². The van der Waals surface area contributed by atoms with Crippen LogP contribution in [0, 0.1) is 0 Å². The van der Waals surface area contributed by atoms with Gasteiger partial charge in [0.05, 0.1) is 0 Å². The highest BCUT2D eigenvalue weighted by Gasteiger charge is 2.44. The van der Waals surface area contributed by atoms with Crippen LogP contribution in [0.25, 0.3) is 0 Å². The number of hydrogen-bond acceptors (Lipinski definition) is 4. The van der Waals surface area contributed by atoms with Gasteiger partial charge in [0.2, 0.25) is 0 Å². The lowest BCUT2D eigenvalue weighted by Crippen LogP contribution is -2.58. The number of nitrogens with two attached hydrogens (primary N) is 1. The summed E-state index contributed by atoms with van der Waals surface area (Å²) in [6.45, 7) is 8.03. The molecular weight excluding hydrogens is 218 g/mol. The molecule has 0 aromatic rings. The molecular formula is C12H25N3S. The van der Waals surface area contributed by atoms with E-state index in [1.54, 1.807) is 0 Å². The minimum atomic E-state index is 0.288. The first-order chi connectivity index (χ1) is 7.69. The van der Waals surface area contributed by atoms with Gasteiger partial charge in [-0.2, -0.15) is 11.8 Å². The number of thioether (sulfide) groups is 1. The predicted molar refractivity (Wildman–Crippen MR) is 72.0 cm³/mol. The molecule has 0 spiro atoms. The Balaban J connectivity index is 2.08. The van der Waals surface area contributed by atoms with Crippen molar-refractivity contribution >= 4 is 11.8 Å². The summed E-state index contributed by atoms with van der Waals surface area (Å²) in [5.41, 5.74) is 6.39. The van der Waals surface area contributed by atoms with Crippen LogP contribution in [0.15, 0.2) is 0 Å². The molecule has 2 N–H and O–H groups in total. The second-order valence-corrected chi connectivity index (χ2v) is 6.66. The number of rotatable bonds is 2. The topological polar surface area (TPSA) is 32.5 Å². The molecule has 2 aliphatic rings. The quantitative estimate of drug-likeness (QED) is 0.779. The van der Waals surface area contributed by atoms with Gasteiger partial charge < -0.3 is 10.6 Å². The van der Waals surface area contributed by atoms with E-state index in [9.17, 15) is 0 Å². The zero-order chi connectivity index (χ0) is 11.6. The highest BCUT2D eigenvalue weighted by Crippen LogP contribution is 2.39. The molecule has 0 aromatic carbocycles. The van der Waals surface area contributed by atoms with Crippen molar-refractivity contribution in [1.29, 1.82) is 0 Å². The fourth-order valence-electron chi connectivity index (χ4n) is 3.08. The maximum Gasteiger partial charge on any atom is 0.0455 e. The van der Waals surface area contributed by atoms with Gasteiger partial charge in [-0.05, 0) is 32.2 Å². The molecule has 0 aromatic heterocycles. The molecule has 2 saturated heterocycles. The van der Waals surface area contributed by atoms with E-state index in [4.69, 9.17) is 5.73 Å². The second-order valence-electron chi connectivity index (χ2n) is 5.21. The minimum absolute atomic E-state index is 0.288.